The molecule has 0 amide bonds. The number of ether oxygens (including phenoxy) is 1. The third-order valence-corrected chi connectivity index (χ3v) is 5.02. The molecule has 0 aromatic carbocycles. The third-order valence-electron chi connectivity index (χ3n) is 5.02. The molecular formula is C17H33NO2. The number of nitrogens with zero attached hydrogens (tertiary/aromatic N) is 1. The first-order valence-electron chi connectivity index (χ1n) is 8.44. The Labute approximate surface area is 125 Å². The lowest BCUT2D eigenvalue weighted by molar-refractivity contribution is -0.135. The van der Waals surface area contributed by atoms with Crippen molar-refractivity contribution in [2.75, 3.05) is 26.3 Å². The summed E-state index contributed by atoms with van der Waals surface area (Å²) in [5.74, 6) is 0.999. The van der Waals surface area contributed by atoms with Gasteiger partial charge in [0.15, 0.2) is 5.78 Å². The molecule has 0 saturated carbocycles. The fourth-order valence-electron chi connectivity index (χ4n) is 3.08. The number of ketones is 1. The molecule has 0 aromatic heterocycles. The van der Waals surface area contributed by atoms with Gasteiger partial charge in [-0.1, -0.05) is 46.5 Å². The van der Waals surface area contributed by atoms with E-state index in [0.29, 0.717) is 11.7 Å². The fraction of sp³-hybridized carbons (Fsp3) is 0.941. The van der Waals surface area contributed by atoms with Crippen molar-refractivity contribution < 1.29 is 9.53 Å². The van der Waals surface area contributed by atoms with Crippen molar-refractivity contribution >= 4 is 5.78 Å². The summed E-state index contributed by atoms with van der Waals surface area (Å²) >= 11 is 0. The molecule has 0 spiro atoms. The Balaban J connectivity index is 2.64. The van der Waals surface area contributed by atoms with Gasteiger partial charge in [0.25, 0.3) is 0 Å². The van der Waals surface area contributed by atoms with Crippen LogP contribution in [0.4, 0.5) is 0 Å². The summed E-state index contributed by atoms with van der Waals surface area (Å²) in [6, 6.07) is 0. The fourth-order valence-corrected chi connectivity index (χ4v) is 3.08. The minimum atomic E-state index is -0.288. The maximum absolute atomic E-state index is 12.8. The highest BCUT2D eigenvalue weighted by molar-refractivity contribution is 5.88. The standard InChI is InChI=1S/C17H33NO2/c1-5-8-9-15(6-2)14-16(19)17(4,7-3)18-10-12-20-13-11-18/h15H,5-14H2,1-4H3. The highest BCUT2D eigenvalue weighted by atomic mass is 16.5. The molecule has 1 rings (SSSR count). The van der Waals surface area contributed by atoms with Gasteiger partial charge in [-0.3, -0.25) is 9.69 Å². The van der Waals surface area contributed by atoms with E-state index in [1.807, 2.05) is 0 Å². The van der Waals surface area contributed by atoms with Crippen LogP contribution < -0.4 is 0 Å². The van der Waals surface area contributed by atoms with Gasteiger partial charge in [-0.15, -0.1) is 0 Å². The predicted molar refractivity (Wildman–Crippen MR) is 84.0 cm³/mol. The third kappa shape index (κ3) is 4.56. The largest absolute Gasteiger partial charge is 0.379 e. The maximum Gasteiger partial charge on any atom is 0.153 e. The van der Waals surface area contributed by atoms with Crippen LogP contribution in [0, 0.1) is 5.92 Å². The molecule has 2 unspecified atom stereocenters. The Bertz CT molecular complexity index is 287. The molecule has 1 fully saturated rings. The van der Waals surface area contributed by atoms with Crippen LogP contribution in [0.2, 0.25) is 0 Å². The van der Waals surface area contributed by atoms with Gasteiger partial charge in [0, 0.05) is 19.5 Å². The number of rotatable bonds is 9. The summed E-state index contributed by atoms with van der Waals surface area (Å²) in [7, 11) is 0. The lowest BCUT2D eigenvalue weighted by Crippen LogP contribution is -2.56. The molecule has 0 N–H and O–H groups in total. The maximum atomic E-state index is 12.8. The molecule has 1 aliphatic rings. The van der Waals surface area contributed by atoms with Crippen LogP contribution >= 0.6 is 0 Å². The first-order valence-corrected chi connectivity index (χ1v) is 8.44. The molecule has 1 saturated heterocycles. The average molecular weight is 283 g/mol. The number of morpholine rings is 1. The van der Waals surface area contributed by atoms with Gasteiger partial charge < -0.3 is 4.74 Å². The molecule has 1 aliphatic heterocycles. The van der Waals surface area contributed by atoms with E-state index in [1.54, 1.807) is 0 Å². The van der Waals surface area contributed by atoms with E-state index in [1.165, 1.54) is 19.3 Å². The highest BCUT2D eigenvalue weighted by Gasteiger charge is 2.38. The second kappa shape index (κ2) is 8.78. The van der Waals surface area contributed by atoms with Crippen LogP contribution in [0.25, 0.3) is 0 Å². The number of carbonyl (C=O) groups excluding carboxylic acids is 1. The van der Waals surface area contributed by atoms with Crippen molar-refractivity contribution in [3.63, 3.8) is 0 Å². The zero-order chi connectivity index (χ0) is 15.0. The first kappa shape index (κ1) is 17.6. The molecule has 3 heteroatoms. The van der Waals surface area contributed by atoms with Gasteiger partial charge in [0.05, 0.1) is 18.8 Å². The minimum Gasteiger partial charge on any atom is -0.379 e. The Kier molecular flexibility index (Phi) is 7.75. The minimum absolute atomic E-state index is 0.288. The van der Waals surface area contributed by atoms with E-state index in [0.717, 1.165) is 45.6 Å². The molecule has 1 heterocycles. The summed E-state index contributed by atoms with van der Waals surface area (Å²) in [6.07, 6.45) is 6.43. The molecule has 0 aliphatic carbocycles. The van der Waals surface area contributed by atoms with Crippen molar-refractivity contribution in [2.24, 2.45) is 5.92 Å². The second-order valence-corrected chi connectivity index (χ2v) is 6.27. The first-order chi connectivity index (χ1) is 9.58. The van der Waals surface area contributed by atoms with E-state index in [4.69, 9.17) is 4.74 Å². The molecule has 0 radical (unpaired) electrons. The molecule has 0 bridgehead atoms. The van der Waals surface area contributed by atoms with Crippen LogP contribution in [0.5, 0.6) is 0 Å². The van der Waals surface area contributed by atoms with Crippen molar-refractivity contribution in [2.45, 2.75) is 71.8 Å². The monoisotopic (exact) mass is 283 g/mol. The topological polar surface area (TPSA) is 29.5 Å². The SMILES string of the molecule is CCCCC(CC)CC(=O)C(C)(CC)N1CCOCC1. The van der Waals surface area contributed by atoms with Gasteiger partial charge in [-0.2, -0.15) is 0 Å². The van der Waals surface area contributed by atoms with Gasteiger partial charge >= 0.3 is 0 Å². The van der Waals surface area contributed by atoms with Crippen LogP contribution in [0.1, 0.15) is 66.2 Å². The smallest absolute Gasteiger partial charge is 0.153 e. The Hall–Kier alpha value is -0.410. The molecular weight excluding hydrogens is 250 g/mol. The lowest BCUT2D eigenvalue weighted by atomic mass is 9.83. The summed E-state index contributed by atoms with van der Waals surface area (Å²) in [5.41, 5.74) is -0.288. The quantitative estimate of drug-likeness (QED) is 0.647. The number of unbranched alkanes of at least 4 members (excludes halogenated alkanes) is 1. The lowest BCUT2D eigenvalue weighted by Gasteiger charge is -2.42. The van der Waals surface area contributed by atoms with E-state index >= 15 is 0 Å². The number of hydrogen-bond acceptors (Lipinski definition) is 3. The number of hydrogen-bond donors (Lipinski definition) is 0. The predicted octanol–water partition coefficient (Wildman–Crippen LogP) is 3.66. The normalized spacial score (nSPS) is 21.4. The number of carbonyl (C=O) groups is 1. The van der Waals surface area contributed by atoms with Crippen molar-refractivity contribution in [3.05, 3.63) is 0 Å². The summed E-state index contributed by atoms with van der Waals surface area (Å²) in [4.78, 5) is 15.2. The average Bonchev–Trinajstić information content (AvgIpc) is 2.51. The van der Waals surface area contributed by atoms with Gasteiger partial charge in [0.2, 0.25) is 0 Å². The van der Waals surface area contributed by atoms with Gasteiger partial charge in [-0.25, -0.2) is 0 Å². The molecule has 0 aromatic rings. The van der Waals surface area contributed by atoms with E-state index in [2.05, 4.69) is 32.6 Å². The Morgan fingerprint density at radius 1 is 1.25 bits per heavy atom. The second-order valence-electron chi connectivity index (χ2n) is 6.27. The van der Waals surface area contributed by atoms with Crippen LogP contribution in [-0.2, 0) is 9.53 Å². The Morgan fingerprint density at radius 3 is 2.40 bits per heavy atom. The molecule has 118 valence electrons. The van der Waals surface area contributed by atoms with Gasteiger partial charge in [-0.05, 0) is 19.3 Å². The zero-order valence-corrected chi connectivity index (χ0v) is 13.9. The van der Waals surface area contributed by atoms with Crippen LogP contribution in [0.15, 0.2) is 0 Å². The van der Waals surface area contributed by atoms with Crippen LogP contribution in [0.3, 0.4) is 0 Å². The summed E-state index contributed by atoms with van der Waals surface area (Å²) < 4.78 is 5.42. The van der Waals surface area contributed by atoms with Crippen molar-refractivity contribution in [1.29, 1.82) is 0 Å². The van der Waals surface area contributed by atoms with E-state index in [-0.39, 0.29) is 5.54 Å². The van der Waals surface area contributed by atoms with Crippen molar-refractivity contribution in [3.8, 4) is 0 Å². The molecule has 2 atom stereocenters. The van der Waals surface area contributed by atoms with Crippen LogP contribution in [-0.4, -0.2) is 42.5 Å². The highest BCUT2D eigenvalue weighted by Crippen LogP contribution is 2.27. The summed E-state index contributed by atoms with van der Waals surface area (Å²) in [6.45, 7) is 12.0. The molecule has 20 heavy (non-hydrogen) atoms. The summed E-state index contributed by atoms with van der Waals surface area (Å²) in [5, 5.41) is 0. The molecule has 3 nitrogen and oxygen atoms in total. The Morgan fingerprint density at radius 2 is 1.90 bits per heavy atom. The van der Waals surface area contributed by atoms with E-state index < -0.39 is 0 Å². The van der Waals surface area contributed by atoms with E-state index in [9.17, 15) is 4.79 Å². The number of Topliss-reactive ketones (excluding diaryl/α,β-unsaturated/α-hetero) is 1. The van der Waals surface area contributed by atoms with Crippen molar-refractivity contribution in [1.82, 2.24) is 4.90 Å². The van der Waals surface area contributed by atoms with Gasteiger partial charge in [0.1, 0.15) is 0 Å². The zero-order valence-electron chi connectivity index (χ0n) is 13.9.